The third-order valence-electron chi connectivity index (χ3n) is 16.8. The summed E-state index contributed by atoms with van der Waals surface area (Å²) in [7, 11) is 0. The number of hydrogen-bond donors (Lipinski definition) is 0. The quantitative estimate of drug-likeness (QED) is 0.0618. The summed E-state index contributed by atoms with van der Waals surface area (Å²) in [5.74, 6) is 9.36. The maximum Gasteiger partial charge on any atom is -0.0297 e. The van der Waals surface area contributed by atoms with Crippen molar-refractivity contribution in [1.82, 2.24) is 0 Å². The smallest absolute Gasteiger partial charge is 0.0297 e. The highest BCUT2D eigenvalue weighted by Gasteiger charge is 2.35. The first-order chi connectivity index (χ1) is 28.0. The minimum Gasteiger partial charge on any atom is -0.0649 e. The van der Waals surface area contributed by atoms with E-state index in [4.69, 9.17) is 0 Å². The lowest BCUT2D eigenvalue weighted by Gasteiger charge is -2.41. The normalized spacial score (nSPS) is 24.7. The van der Waals surface area contributed by atoms with Crippen LogP contribution in [0.15, 0.2) is 0 Å². The zero-order valence-corrected chi connectivity index (χ0v) is 44.1. The summed E-state index contributed by atoms with van der Waals surface area (Å²) in [6.45, 7) is 33.9. The van der Waals surface area contributed by atoms with Gasteiger partial charge in [0.05, 0.1) is 0 Å². The van der Waals surface area contributed by atoms with E-state index in [9.17, 15) is 0 Å². The van der Waals surface area contributed by atoms with Crippen molar-refractivity contribution in [3.8, 4) is 0 Å². The molecule has 2 aliphatic carbocycles. The minimum atomic E-state index is 0.698. The lowest BCUT2D eigenvalue weighted by Crippen LogP contribution is -2.28. The summed E-state index contributed by atoms with van der Waals surface area (Å²) in [6.07, 6.45) is 48.7. The van der Waals surface area contributed by atoms with Gasteiger partial charge in [0.15, 0.2) is 0 Å². The highest BCUT2D eigenvalue weighted by Crippen LogP contribution is 2.48. The van der Waals surface area contributed by atoms with E-state index >= 15 is 0 Å². The summed E-state index contributed by atoms with van der Waals surface area (Å²) in [5.41, 5.74) is 1.40. The van der Waals surface area contributed by atoms with Crippen LogP contribution >= 0.6 is 0 Å². The van der Waals surface area contributed by atoms with Gasteiger partial charge in [-0.3, -0.25) is 0 Å². The Hall–Kier alpha value is 0. The van der Waals surface area contributed by atoms with E-state index in [1.165, 1.54) is 205 Å². The average molecular weight is 828 g/mol. The first-order valence-electron chi connectivity index (χ1n) is 28.0. The first kappa shape index (κ1) is 57.0. The van der Waals surface area contributed by atoms with Gasteiger partial charge >= 0.3 is 0 Å². The fourth-order valence-electron chi connectivity index (χ4n) is 11.9. The molecule has 0 saturated heterocycles. The summed E-state index contributed by atoms with van der Waals surface area (Å²) < 4.78 is 0. The predicted octanol–water partition coefficient (Wildman–Crippen LogP) is 21.3. The molecule has 0 radical (unpaired) electrons. The van der Waals surface area contributed by atoms with E-state index < -0.39 is 0 Å². The Morgan fingerprint density at radius 3 is 1.14 bits per heavy atom. The van der Waals surface area contributed by atoms with Crippen LogP contribution in [0.1, 0.15) is 309 Å². The van der Waals surface area contributed by atoms with E-state index in [1.807, 2.05) is 0 Å². The SMILES string of the molecule is CCC1(CCC(C)CCCC(C)C)CCC(CCCC(C)CCCC(C)C)CC1.CCC1(CCCC(C)CCCC(C)C)CCCC(CCCC(C)CCCC(C)C)C1. The zero-order valence-electron chi connectivity index (χ0n) is 44.1. The second-order valence-electron chi connectivity index (χ2n) is 24.6. The van der Waals surface area contributed by atoms with Crippen molar-refractivity contribution < 1.29 is 0 Å². The number of hydrogen-bond acceptors (Lipinski definition) is 0. The van der Waals surface area contributed by atoms with Crippen molar-refractivity contribution in [3.63, 3.8) is 0 Å². The van der Waals surface area contributed by atoms with Gasteiger partial charge in [-0.15, -0.1) is 0 Å². The van der Waals surface area contributed by atoms with Crippen molar-refractivity contribution in [2.45, 2.75) is 309 Å². The highest BCUT2D eigenvalue weighted by molar-refractivity contribution is 4.87. The van der Waals surface area contributed by atoms with Gasteiger partial charge in [-0.05, 0) is 121 Å². The molecule has 0 bridgehead atoms. The second kappa shape index (κ2) is 33.5. The maximum atomic E-state index is 2.51. The second-order valence-corrected chi connectivity index (χ2v) is 24.6. The molecule has 0 aromatic heterocycles. The largest absolute Gasteiger partial charge is 0.0649 e. The maximum absolute atomic E-state index is 2.51. The molecular weight excluding hydrogens is 709 g/mol. The van der Waals surface area contributed by atoms with Crippen LogP contribution in [0.4, 0.5) is 0 Å². The molecule has 6 atom stereocenters. The molecule has 0 heteroatoms. The van der Waals surface area contributed by atoms with Crippen LogP contribution in [0.5, 0.6) is 0 Å². The molecule has 6 unspecified atom stereocenters. The van der Waals surface area contributed by atoms with Gasteiger partial charge in [0.25, 0.3) is 0 Å². The molecule has 0 aliphatic heterocycles. The van der Waals surface area contributed by atoms with E-state index in [0.717, 1.165) is 59.2 Å². The molecule has 0 aromatic carbocycles. The molecule has 0 nitrogen and oxygen atoms in total. The van der Waals surface area contributed by atoms with E-state index in [-0.39, 0.29) is 0 Å². The molecule has 0 N–H and O–H groups in total. The third-order valence-corrected chi connectivity index (χ3v) is 16.8. The fraction of sp³-hybridized carbons (Fsp3) is 1.00. The van der Waals surface area contributed by atoms with Crippen molar-refractivity contribution in [1.29, 1.82) is 0 Å². The molecule has 2 rings (SSSR count). The van der Waals surface area contributed by atoms with Crippen LogP contribution in [-0.4, -0.2) is 0 Å². The van der Waals surface area contributed by atoms with E-state index in [0.29, 0.717) is 10.8 Å². The van der Waals surface area contributed by atoms with Gasteiger partial charge in [0.2, 0.25) is 0 Å². The summed E-state index contributed by atoms with van der Waals surface area (Å²) in [6, 6.07) is 0. The molecule has 59 heavy (non-hydrogen) atoms. The Bertz CT molecular complexity index is 916. The Kier molecular flexibility index (Phi) is 32.4. The monoisotopic (exact) mass is 827 g/mol. The standard InChI is InChI=1S/C30H60.C29H58/c1-8-30(22-12-19-28(7)17-10-15-26(4)5)23-13-21-29(24-30)20-11-18-27(6)16-9-14-25(2)3;1-8-29(21-18-27(7)15-10-13-25(4)5)22-19-28(20-23-29)17-11-16-26(6)14-9-12-24(2)3/h25-29H,8-24H2,1-7H3;24-28H,8-23H2,1-7H3. The molecule has 0 heterocycles. The molecule has 0 spiro atoms. The number of rotatable bonds is 33. The van der Waals surface area contributed by atoms with Crippen molar-refractivity contribution in [2.75, 3.05) is 0 Å². The van der Waals surface area contributed by atoms with Gasteiger partial charge in [-0.1, -0.05) is 257 Å². The van der Waals surface area contributed by atoms with Gasteiger partial charge in [0.1, 0.15) is 0 Å². The Morgan fingerprint density at radius 1 is 0.356 bits per heavy atom. The first-order valence-corrected chi connectivity index (χ1v) is 28.0. The van der Waals surface area contributed by atoms with Crippen LogP contribution < -0.4 is 0 Å². The molecule has 0 aromatic rings. The Balaban J connectivity index is 0.000000590. The topological polar surface area (TPSA) is 0 Å². The highest BCUT2D eigenvalue weighted by atomic mass is 14.4. The summed E-state index contributed by atoms with van der Waals surface area (Å²) >= 11 is 0. The predicted molar refractivity (Wildman–Crippen MR) is 272 cm³/mol. The van der Waals surface area contributed by atoms with Crippen LogP contribution in [0.25, 0.3) is 0 Å². The van der Waals surface area contributed by atoms with Crippen molar-refractivity contribution in [2.24, 2.45) is 70.0 Å². The van der Waals surface area contributed by atoms with Crippen LogP contribution in [0.2, 0.25) is 0 Å². The average Bonchev–Trinajstić information content (AvgIpc) is 3.17. The van der Waals surface area contributed by atoms with Gasteiger partial charge in [-0.25, -0.2) is 0 Å². The molecule has 2 aliphatic rings. The zero-order chi connectivity index (χ0) is 44.1. The Labute approximate surface area is 377 Å². The molecule has 2 fully saturated rings. The summed E-state index contributed by atoms with van der Waals surface area (Å²) in [5, 5.41) is 0. The van der Waals surface area contributed by atoms with Crippen LogP contribution in [0.3, 0.4) is 0 Å². The van der Waals surface area contributed by atoms with Gasteiger partial charge in [0, 0.05) is 0 Å². The lowest BCUT2D eigenvalue weighted by atomic mass is 9.64. The van der Waals surface area contributed by atoms with Crippen LogP contribution in [0, 0.1) is 70.0 Å². The third kappa shape index (κ3) is 29.1. The molecule has 2 saturated carbocycles. The minimum absolute atomic E-state index is 0.698. The Morgan fingerprint density at radius 2 is 0.729 bits per heavy atom. The van der Waals surface area contributed by atoms with Crippen molar-refractivity contribution >= 4 is 0 Å². The lowest BCUT2D eigenvalue weighted by molar-refractivity contribution is 0.107. The fourth-order valence-corrected chi connectivity index (χ4v) is 11.9. The molecule has 0 amide bonds. The van der Waals surface area contributed by atoms with E-state index in [2.05, 4.69) is 96.9 Å². The van der Waals surface area contributed by atoms with Gasteiger partial charge in [-0.2, -0.15) is 0 Å². The van der Waals surface area contributed by atoms with E-state index in [1.54, 1.807) is 6.42 Å². The van der Waals surface area contributed by atoms with Crippen LogP contribution in [-0.2, 0) is 0 Å². The van der Waals surface area contributed by atoms with Gasteiger partial charge < -0.3 is 0 Å². The molecular formula is C59H118. The molecule has 354 valence electrons. The van der Waals surface area contributed by atoms with Crippen molar-refractivity contribution in [3.05, 3.63) is 0 Å². The summed E-state index contributed by atoms with van der Waals surface area (Å²) in [4.78, 5) is 0.